The van der Waals surface area contributed by atoms with E-state index in [0.717, 1.165) is 12.5 Å². The topological polar surface area (TPSA) is 64.9 Å². The monoisotopic (exact) mass is 209 g/mol. The van der Waals surface area contributed by atoms with Crippen molar-refractivity contribution in [1.29, 1.82) is 5.26 Å². The minimum Gasteiger partial charge on any atom is -0.342 e. The molecule has 0 aromatic carbocycles. The Morgan fingerprint density at radius 2 is 2.13 bits per heavy atom. The molecule has 1 rings (SSSR count). The van der Waals surface area contributed by atoms with Gasteiger partial charge >= 0.3 is 0 Å². The number of hydrogen-bond donors (Lipinski definition) is 2. The Kier molecular flexibility index (Phi) is 5.79. The SMILES string of the molecule is N#CCNC(=O)CNCCC1CCCC1. The van der Waals surface area contributed by atoms with E-state index in [0.29, 0.717) is 6.54 Å². The summed E-state index contributed by atoms with van der Waals surface area (Å²) in [4.78, 5) is 11.1. The summed E-state index contributed by atoms with van der Waals surface area (Å²) in [5, 5.41) is 13.8. The molecule has 0 aromatic rings. The maximum Gasteiger partial charge on any atom is 0.234 e. The molecule has 0 saturated heterocycles. The molecule has 1 aliphatic rings. The molecule has 84 valence electrons. The van der Waals surface area contributed by atoms with E-state index in [1.165, 1.54) is 32.1 Å². The van der Waals surface area contributed by atoms with Crippen molar-refractivity contribution in [3.63, 3.8) is 0 Å². The molecule has 0 unspecified atom stereocenters. The number of hydrogen-bond acceptors (Lipinski definition) is 3. The maximum atomic E-state index is 11.1. The van der Waals surface area contributed by atoms with Crippen LogP contribution in [0.15, 0.2) is 0 Å². The summed E-state index contributed by atoms with van der Waals surface area (Å²) < 4.78 is 0. The third-order valence-corrected chi connectivity index (χ3v) is 2.85. The van der Waals surface area contributed by atoms with Gasteiger partial charge in [-0.05, 0) is 18.9 Å². The fraction of sp³-hybridized carbons (Fsp3) is 0.818. The van der Waals surface area contributed by atoms with Crippen molar-refractivity contribution in [1.82, 2.24) is 10.6 Å². The third kappa shape index (κ3) is 5.38. The summed E-state index contributed by atoms with van der Waals surface area (Å²) in [6.45, 7) is 1.34. The quantitative estimate of drug-likeness (QED) is 0.502. The Hall–Kier alpha value is -1.08. The van der Waals surface area contributed by atoms with E-state index in [2.05, 4.69) is 10.6 Å². The van der Waals surface area contributed by atoms with Gasteiger partial charge in [-0.1, -0.05) is 25.7 Å². The van der Waals surface area contributed by atoms with Gasteiger partial charge in [0.15, 0.2) is 0 Å². The van der Waals surface area contributed by atoms with Crippen molar-refractivity contribution in [2.24, 2.45) is 5.92 Å². The Morgan fingerprint density at radius 3 is 2.80 bits per heavy atom. The van der Waals surface area contributed by atoms with E-state index in [1.807, 2.05) is 6.07 Å². The van der Waals surface area contributed by atoms with Gasteiger partial charge in [0, 0.05) is 0 Å². The molecule has 0 bridgehead atoms. The number of amides is 1. The average molecular weight is 209 g/mol. The molecule has 15 heavy (non-hydrogen) atoms. The van der Waals surface area contributed by atoms with Gasteiger partial charge in [-0.2, -0.15) is 5.26 Å². The van der Waals surface area contributed by atoms with Crippen LogP contribution in [0.1, 0.15) is 32.1 Å². The molecule has 0 heterocycles. The van der Waals surface area contributed by atoms with E-state index >= 15 is 0 Å². The lowest BCUT2D eigenvalue weighted by atomic mass is 10.0. The lowest BCUT2D eigenvalue weighted by molar-refractivity contribution is -0.120. The van der Waals surface area contributed by atoms with Gasteiger partial charge in [0.25, 0.3) is 0 Å². The number of carbonyl (C=O) groups is 1. The van der Waals surface area contributed by atoms with Crippen molar-refractivity contribution < 1.29 is 4.79 Å². The molecule has 1 saturated carbocycles. The van der Waals surface area contributed by atoms with E-state index in [9.17, 15) is 4.79 Å². The first kappa shape index (κ1) is 12.0. The van der Waals surface area contributed by atoms with Crippen LogP contribution in [0, 0.1) is 17.2 Å². The summed E-state index contributed by atoms with van der Waals surface area (Å²) in [5.74, 6) is 0.766. The lowest BCUT2D eigenvalue weighted by Gasteiger charge is -2.09. The molecule has 2 N–H and O–H groups in total. The highest BCUT2D eigenvalue weighted by Gasteiger charge is 2.13. The first-order chi connectivity index (χ1) is 7.33. The molecule has 1 amide bonds. The highest BCUT2D eigenvalue weighted by Crippen LogP contribution is 2.26. The van der Waals surface area contributed by atoms with Crippen LogP contribution in [-0.4, -0.2) is 25.5 Å². The standard InChI is InChI=1S/C11H19N3O/c12-6-8-14-11(15)9-13-7-5-10-3-1-2-4-10/h10,13H,1-5,7-9H2,(H,14,15). The highest BCUT2D eigenvalue weighted by atomic mass is 16.1. The molecule has 0 aliphatic heterocycles. The average Bonchev–Trinajstić information content (AvgIpc) is 2.74. The van der Waals surface area contributed by atoms with E-state index in [4.69, 9.17) is 5.26 Å². The zero-order valence-electron chi connectivity index (χ0n) is 9.09. The van der Waals surface area contributed by atoms with Crippen molar-refractivity contribution in [2.75, 3.05) is 19.6 Å². The Labute approximate surface area is 91.0 Å². The van der Waals surface area contributed by atoms with Crippen LogP contribution in [0.5, 0.6) is 0 Å². The Bertz CT molecular complexity index is 228. The van der Waals surface area contributed by atoms with Gasteiger partial charge in [0.05, 0.1) is 12.6 Å². The summed E-state index contributed by atoms with van der Waals surface area (Å²) in [5.41, 5.74) is 0. The highest BCUT2D eigenvalue weighted by molar-refractivity contribution is 5.78. The molecule has 0 spiro atoms. The minimum absolute atomic E-state index is 0.0945. The zero-order valence-corrected chi connectivity index (χ0v) is 9.09. The first-order valence-electron chi connectivity index (χ1n) is 5.67. The molecule has 1 aliphatic carbocycles. The molecular weight excluding hydrogens is 190 g/mol. The van der Waals surface area contributed by atoms with Gasteiger partial charge in [-0.3, -0.25) is 4.79 Å². The second-order valence-corrected chi connectivity index (χ2v) is 4.05. The van der Waals surface area contributed by atoms with Crippen LogP contribution in [0.25, 0.3) is 0 Å². The second kappa shape index (κ2) is 7.24. The molecule has 4 nitrogen and oxygen atoms in total. The Balaban J connectivity index is 1.92. The molecule has 0 radical (unpaired) electrons. The summed E-state index contributed by atoms with van der Waals surface area (Å²) in [6.07, 6.45) is 6.61. The van der Waals surface area contributed by atoms with Crippen LogP contribution in [0.4, 0.5) is 0 Å². The van der Waals surface area contributed by atoms with E-state index < -0.39 is 0 Å². The van der Waals surface area contributed by atoms with E-state index in [-0.39, 0.29) is 12.5 Å². The van der Waals surface area contributed by atoms with Crippen LogP contribution >= 0.6 is 0 Å². The van der Waals surface area contributed by atoms with Gasteiger partial charge < -0.3 is 10.6 Å². The normalized spacial score (nSPS) is 16.2. The summed E-state index contributed by atoms with van der Waals surface area (Å²) in [6, 6.07) is 1.87. The number of nitrogens with zero attached hydrogens (tertiary/aromatic N) is 1. The molecule has 0 aromatic heterocycles. The molecule has 0 atom stereocenters. The van der Waals surface area contributed by atoms with Crippen molar-refractivity contribution in [3.05, 3.63) is 0 Å². The predicted molar refractivity (Wildman–Crippen MR) is 58.1 cm³/mol. The first-order valence-corrected chi connectivity index (χ1v) is 5.67. The van der Waals surface area contributed by atoms with Gasteiger partial charge in [-0.15, -0.1) is 0 Å². The van der Waals surface area contributed by atoms with Crippen molar-refractivity contribution >= 4 is 5.91 Å². The van der Waals surface area contributed by atoms with Crippen LogP contribution < -0.4 is 10.6 Å². The molecule has 1 fully saturated rings. The third-order valence-electron chi connectivity index (χ3n) is 2.85. The van der Waals surface area contributed by atoms with Crippen LogP contribution in [0.3, 0.4) is 0 Å². The van der Waals surface area contributed by atoms with Crippen LogP contribution in [0.2, 0.25) is 0 Å². The fourth-order valence-electron chi connectivity index (χ4n) is 2.01. The molecule has 4 heteroatoms. The summed E-state index contributed by atoms with van der Waals surface area (Å²) >= 11 is 0. The summed E-state index contributed by atoms with van der Waals surface area (Å²) in [7, 11) is 0. The van der Waals surface area contributed by atoms with Crippen LogP contribution in [-0.2, 0) is 4.79 Å². The number of nitrogens with one attached hydrogen (secondary N) is 2. The zero-order chi connectivity index (χ0) is 10.9. The van der Waals surface area contributed by atoms with E-state index in [1.54, 1.807) is 0 Å². The smallest absolute Gasteiger partial charge is 0.234 e. The maximum absolute atomic E-state index is 11.1. The Morgan fingerprint density at radius 1 is 1.40 bits per heavy atom. The van der Waals surface area contributed by atoms with Gasteiger partial charge in [0.2, 0.25) is 5.91 Å². The predicted octanol–water partition coefficient (Wildman–Crippen LogP) is 0.796. The van der Waals surface area contributed by atoms with Crippen molar-refractivity contribution in [2.45, 2.75) is 32.1 Å². The minimum atomic E-state index is -0.0945. The lowest BCUT2D eigenvalue weighted by Crippen LogP contribution is -2.34. The fourth-order valence-corrected chi connectivity index (χ4v) is 2.01. The number of rotatable bonds is 6. The van der Waals surface area contributed by atoms with Crippen molar-refractivity contribution in [3.8, 4) is 6.07 Å². The van der Waals surface area contributed by atoms with Gasteiger partial charge in [-0.25, -0.2) is 0 Å². The molecular formula is C11H19N3O. The number of carbonyl (C=O) groups excluding carboxylic acids is 1. The van der Waals surface area contributed by atoms with Gasteiger partial charge in [0.1, 0.15) is 6.54 Å². The second-order valence-electron chi connectivity index (χ2n) is 4.05. The number of nitriles is 1. The largest absolute Gasteiger partial charge is 0.342 e.